The standard InChI is InChI=1S/C17H27N3/c1-4-9-17-19-15-11-6-7-12-16(15)20(17)13-8-10-14(5-2)18-3/h6-7,11-12,14,18H,4-5,8-10,13H2,1-3H3. The number of hydrogen-bond donors (Lipinski definition) is 1. The molecule has 2 rings (SSSR count). The molecule has 1 unspecified atom stereocenters. The van der Waals surface area contributed by atoms with Gasteiger partial charge in [-0.3, -0.25) is 0 Å². The van der Waals surface area contributed by atoms with Gasteiger partial charge < -0.3 is 9.88 Å². The number of nitrogens with one attached hydrogen (secondary N) is 1. The lowest BCUT2D eigenvalue weighted by Gasteiger charge is -2.14. The molecule has 1 atom stereocenters. The van der Waals surface area contributed by atoms with Crippen molar-refractivity contribution in [2.24, 2.45) is 0 Å². The monoisotopic (exact) mass is 273 g/mol. The quantitative estimate of drug-likeness (QED) is 0.793. The SMILES string of the molecule is CCCc1nc2ccccc2n1CCCC(CC)NC. The van der Waals surface area contributed by atoms with Crippen molar-refractivity contribution in [3.63, 3.8) is 0 Å². The minimum atomic E-state index is 0.638. The lowest BCUT2D eigenvalue weighted by molar-refractivity contribution is 0.467. The van der Waals surface area contributed by atoms with Gasteiger partial charge in [-0.25, -0.2) is 4.98 Å². The fourth-order valence-electron chi connectivity index (χ4n) is 2.84. The Hall–Kier alpha value is -1.35. The largest absolute Gasteiger partial charge is 0.328 e. The minimum absolute atomic E-state index is 0.638. The predicted molar refractivity (Wildman–Crippen MR) is 86.1 cm³/mol. The zero-order valence-corrected chi connectivity index (χ0v) is 13.0. The minimum Gasteiger partial charge on any atom is -0.328 e. The molecule has 1 aromatic heterocycles. The molecule has 0 aliphatic rings. The molecule has 110 valence electrons. The number of para-hydroxylation sites is 2. The van der Waals surface area contributed by atoms with Crippen LogP contribution in [-0.4, -0.2) is 22.6 Å². The van der Waals surface area contributed by atoms with Crippen molar-refractivity contribution in [2.75, 3.05) is 7.05 Å². The number of fused-ring (bicyclic) bond motifs is 1. The Kier molecular flexibility index (Phi) is 5.60. The van der Waals surface area contributed by atoms with E-state index >= 15 is 0 Å². The van der Waals surface area contributed by atoms with E-state index in [1.165, 1.54) is 30.6 Å². The molecule has 0 amide bonds. The molecule has 0 aliphatic carbocycles. The molecule has 0 saturated carbocycles. The summed E-state index contributed by atoms with van der Waals surface area (Å²) in [6.45, 7) is 5.54. The maximum Gasteiger partial charge on any atom is 0.109 e. The Balaban J connectivity index is 2.12. The number of benzene rings is 1. The summed E-state index contributed by atoms with van der Waals surface area (Å²) in [6.07, 6.45) is 5.85. The molecular formula is C17H27N3. The van der Waals surface area contributed by atoms with Gasteiger partial charge >= 0.3 is 0 Å². The summed E-state index contributed by atoms with van der Waals surface area (Å²) in [4.78, 5) is 4.79. The van der Waals surface area contributed by atoms with Gasteiger partial charge in [-0.05, 0) is 44.9 Å². The molecule has 20 heavy (non-hydrogen) atoms. The van der Waals surface area contributed by atoms with E-state index in [1.54, 1.807) is 0 Å². The first-order valence-corrected chi connectivity index (χ1v) is 7.91. The summed E-state index contributed by atoms with van der Waals surface area (Å²) in [5.41, 5.74) is 2.42. The third-order valence-electron chi connectivity index (χ3n) is 4.04. The maximum atomic E-state index is 4.79. The van der Waals surface area contributed by atoms with Crippen LogP contribution in [0.5, 0.6) is 0 Å². The zero-order valence-electron chi connectivity index (χ0n) is 13.0. The van der Waals surface area contributed by atoms with Gasteiger partial charge in [-0.15, -0.1) is 0 Å². The molecule has 0 radical (unpaired) electrons. The number of aryl methyl sites for hydroxylation is 2. The predicted octanol–water partition coefficient (Wildman–Crippen LogP) is 3.77. The summed E-state index contributed by atoms with van der Waals surface area (Å²) < 4.78 is 2.42. The first kappa shape index (κ1) is 15.0. The van der Waals surface area contributed by atoms with Gasteiger partial charge in [0.15, 0.2) is 0 Å². The number of hydrogen-bond acceptors (Lipinski definition) is 2. The Morgan fingerprint density at radius 3 is 2.75 bits per heavy atom. The van der Waals surface area contributed by atoms with Crippen LogP contribution in [-0.2, 0) is 13.0 Å². The summed E-state index contributed by atoms with van der Waals surface area (Å²) in [7, 11) is 2.06. The van der Waals surface area contributed by atoms with Gasteiger partial charge in [0.25, 0.3) is 0 Å². The second-order valence-corrected chi connectivity index (χ2v) is 5.45. The van der Waals surface area contributed by atoms with Crippen molar-refractivity contribution in [2.45, 2.75) is 58.5 Å². The molecular weight excluding hydrogens is 246 g/mol. The van der Waals surface area contributed by atoms with E-state index in [0.29, 0.717) is 6.04 Å². The van der Waals surface area contributed by atoms with Crippen molar-refractivity contribution < 1.29 is 0 Å². The Morgan fingerprint density at radius 2 is 2.05 bits per heavy atom. The Labute approximate surface area is 122 Å². The van der Waals surface area contributed by atoms with E-state index < -0.39 is 0 Å². The van der Waals surface area contributed by atoms with Crippen LogP contribution in [0.25, 0.3) is 11.0 Å². The van der Waals surface area contributed by atoms with Gasteiger partial charge in [-0.1, -0.05) is 26.0 Å². The second-order valence-electron chi connectivity index (χ2n) is 5.45. The first-order valence-electron chi connectivity index (χ1n) is 7.91. The van der Waals surface area contributed by atoms with Crippen LogP contribution in [0.15, 0.2) is 24.3 Å². The zero-order chi connectivity index (χ0) is 14.4. The molecule has 1 N–H and O–H groups in total. The van der Waals surface area contributed by atoms with Crippen LogP contribution in [0, 0.1) is 0 Å². The molecule has 0 spiro atoms. The van der Waals surface area contributed by atoms with Crippen molar-refractivity contribution in [3.05, 3.63) is 30.1 Å². The van der Waals surface area contributed by atoms with Gasteiger partial charge in [0, 0.05) is 19.0 Å². The first-order chi connectivity index (χ1) is 9.80. The number of rotatable bonds is 8. The third-order valence-corrected chi connectivity index (χ3v) is 4.04. The highest BCUT2D eigenvalue weighted by Crippen LogP contribution is 2.18. The highest BCUT2D eigenvalue weighted by molar-refractivity contribution is 5.75. The maximum absolute atomic E-state index is 4.79. The van der Waals surface area contributed by atoms with Gasteiger partial charge in [-0.2, -0.15) is 0 Å². The average molecular weight is 273 g/mol. The lowest BCUT2D eigenvalue weighted by atomic mass is 10.1. The third kappa shape index (κ3) is 3.40. The van der Waals surface area contributed by atoms with E-state index in [4.69, 9.17) is 4.98 Å². The van der Waals surface area contributed by atoms with Crippen LogP contribution < -0.4 is 5.32 Å². The van der Waals surface area contributed by atoms with E-state index in [9.17, 15) is 0 Å². The summed E-state index contributed by atoms with van der Waals surface area (Å²) in [5.74, 6) is 1.24. The van der Waals surface area contributed by atoms with Crippen molar-refractivity contribution >= 4 is 11.0 Å². The molecule has 3 heteroatoms. The fourth-order valence-corrected chi connectivity index (χ4v) is 2.84. The average Bonchev–Trinajstić information content (AvgIpc) is 2.82. The molecule has 0 fully saturated rings. The summed E-state index contributed by atoms with van der Waals surface area (Å²) in [6, 6.07) is 9.13. The van der Waals surface area contributed by atoms with Crippen molar-refractivity contribution in [1.82, 2.24) is 14.9 Å². The highest BCUT2D eigenvalue weighted by Gasteiger charge is 2.10. The smallest absolute Gasteiger partial charge is 0.109 e. The van der Waals surface area contributed by atoms with Crippen LogP contribution in [0.1, 0.15) is 45.4 Å². The molecule has 1 heterocycles. The topological polar surface area (TPSA) is 29.9 Å². The molecule has 2 aromatic rings. The van der Waals surface area contributed by atoms with Crippen LogP contribution in [0.3, 0.4) is 0 Å². The number of imidazole rings is 1. The normalized spacial score (nSPS) is 12.9. The summed E-state index contributed by atoms with van der Waals surface area (Å²) >= 11 is 0. The van der Waals surface area contributed by atoms with E-state index in [-0.39, 0.29) is 0 Å². The lowest BCUT2D eigenvalue weighted by Crippen LogP contribution is -2.24. The van der Waals surface area contributed by atoms with E-state index in [2.05, 4.69) is 55.0 Å². The number of aromatic nitrogens is 2. The van der Waals surface area contributed by atoms with Crippen LogP contribution in [0.4, 0.5) is 0 Å². The van der Waals surface area contributed by atoms with E-state index in [1.807, 2.05) is 0 Å². The van der Waals surface area contributed by atoms with Crippen LogP contribution in [0.2, 0.25) is 0 Å². The molecule has 0 aliphatic heterocycles. The molecule has 1 aromatic carbocycles. The second kappa shape index (κ2) is 7.44. The van der Waals surface area contributed by atoms with Crippen molar-refractivity contribution in [1.29, 1.82) is 0 Å². The number of nitrogens with zero attached hydrogens (tertiary/aromatic N) is 2. The highest BCUT2D eigenvalue weighted by atomic mass is 15.1. The Bertz CT molecular complexity index is 526. The molecule has 0 saturated heterocycles. The summed E-state index contributed by atoms with van der Waals surface area (Å²) in [5, 5.41) is 3.38. The van der Waals surface area contributed by atoms with Crippen molar-refractivity contribution in [3.8, 4) is 0 Å². The van der Waals surface area contributed by atoms with E-state index in [0.717, 1.165) is 24.9 Å². The fraction of sp³-hybridized carbons (Fsp3) is 0.588. The Morgan fingerprint density at radius 1 is 1.25 bits per heavy atom. The molecule has 3 nitrogen and oxygen atoms in total. The van der Waals surface area contributed by atoms with Gasteiger partial charge in [0.2, 0.25) is 0 Å². The molecule has 0 bridgehead atoms. The van der Waals surface area contributed by atoms with Gasteiger partial charge in [0.05, 0.1) is 11.0 Å². The van der Waals surface area contributed by atoms with Crippen LogP contribution >= 0.6 is 0 Å². The van der Waals surface area contributed by atoms with Gasteiger partial charge in [0.1, 0.15) is 5.82 Å².